The van der Waals surface area contributed by atoms with Crippen LogP contribution in [0.3, 0.4) is 0 Å². The van der Waals surface area contributed by atoms with Crippen LogP contribution in [0.2, 0.25) is 0 Å². The summed E-state index contributed by atoms with van der Waals surface area (Å²) >= 11 is 3.16. The predicted octanol–water partition coefficient (Wildman–Crippen LogP) is 1.11. The van der Waals surface area contributed by atoms with Gasteiger partial charge in [0.25, 0.3) is 5.56 Å². The summed E-state index contributed by atoms with van der Waals surface area (Å²) in [5, 5.41) is 2.41. The third-order valence-corrected chi connectivity index (χ3v) is 4.40. The Labute approximate surface area is 152 Å². The molecule has 26 heavy (non-hydrogen) atoms. The van der Waals surface area contributed by atoms with Crippen molar-refractivity contribution in [3.63, 3.8) is 0 Å². The molecule has 0 unspecified atom stereocenters. The average Bonchev–Trinajstić information content (AvgIpc) is 2.91. The second kappa shape index (κ2) is 6.48. The predicted molar refractivity (Wildman–Crippen MR) is 92.9 cm³/mol. The molecule has 0 saturated carbocycles. The van der Waals surface area contributed by atoms with E-state index in [0.717, 1.165) is 16.7 Å². The summed E-state index contributed by atoms with van der Waals surface area (Å²) < 4.78 is 29.8. The van der Waals surface area contributed by atoms with Crippen molar-refractivity contribution in [3.05, 3.63) is 55.4 Å². The van der Waals surface area contributed by atoms with E-state index in [-0.39, 0.29) is 28.1 Å². The van der Waals surface area contributed by atoms with Crippen LogP contribution in [0.25, 0.3) is 11.2 Å². The van der Waals surface area contributed by atoms with Gasteiger partial charge in [-0.25, -0.2) is 18.6 Å². The Kier molecular flexibility index (Phi) is 4.48. The first-order valence-electron chi connectivity index (χ1n) is 7.27. The first-order valence-corrected chi connectivity index (χ1v) is 8.06. The lowest BCUT2D eigenvalue weighted by atomic mass is 10.3. The number of rotatable bonds is 3. The lowest BCUT2D eigenvalue weighted by Crippen LogP contribution is -2.37. The molecule has 0 saturated heterocycles. The van der Waals surface area contributed by atoms with E-state index in [2.05, 4.69) is 26.2 Å². The minimum atomic E-state index is -1.09. The van der Waals surface area contributed by atoms with Crippen LogP contribution in [0.15, 0.2) is 32.5 Å². The van der Waals surface area contributed by atoms with Crippen molar-refractivity contribution in [2.45, 2.75) is 6.54 Å². The fourth-order valence-corrected chi connectivity index (χ4v) is 2.99. The molecule has 8 nitrogen and oxygen atoms in total. The minimum absolute atomic E-state index is 0.0158. The van der Waals surface area contributed by atoms with Crippen LogP contribution in [0.4, 0.5) is 14.5 Å². The standard InChI is InChI=1S/C15H12BrF2N5O3/c1-21-12-11(13(25)22(2)15(21)26)20-14(16)23(12)6-10(24)19-7-3-4-8(17)9(18)5-7/h3-5H,6H2,1-2H3,(H,19,24). The zero-order chi connectivity index (χ0) is 19.2. The van der Waals surface area contributed by atoms with E-state index >= 15 is 0 Å². The zero-order valence-electron chi connectivity index (χ0n) is 13.6. The second-order valence-corrected chi connectivity index (χ2v) is 6.23. The summed E-state index contributed by atoms with van der Waals surface area (Å²) in [6.45, 7) is -0.309. The van der Waals surface area contributed by atoms with Crippen molar-refractivity contribution >= 4 is 38.7 Å². The van der Waals surface area contributed by atoms with Gasteiger partial charge < -0.3 is 5.32 Å². The number of fused-ring (bicyclic) bond motifs is 1. The Morgan fingerprint density at radius 2 is 1.88 bits per heavy atom. The van der Waals surface area contributed by atoms with Crippen LogP contribution < -0.4 is 16.6 Å². The van der Waals surface area contributed by atoms with Gasteiger partial charge in [0.15, 0.2) is 27.5 Å². The van der Waals surface area contributed by atoms with E-state index in [4.69, 9.17) is 0 Å². The normalized spacial score (nSPS) is 11.1. The fraction of sp³-hybridized carbons (Fsp3) is 0.200. The third-order valence-electron chi connectivity index (χ3n) is 3.80. The number of aromatic nitrogens is 4. The van der Waals surface area contributed by atoms with Crippen molar-refractivity contribution in [2.24, 2.45) is 14.1 Å². The van der Waals surface area contributed by atoms with Gasteiger partial charge in [-0.15, -0.1) is 0 Å². The van der Waals surface area contributed by atoms with Gasteiger partial charge in [0.2, 0.25) is 5.91 Å². The number of benzene rings is 1. The van der Waals surface area contributed by atoms with Crippen LogP contribution in [-0.2, 0) is 25.4 Å². The number of anilines is 1. The highest BCUT2D eigenvalue weighted by Crippen LogP contribution is 2.17. The summed E-state index contributed by atoms with van der Waals surface area (Å²) in [4.78, 5) is 40.6. The SMILES string of the molecule is Cn1c(=O)c2nc(Br)n(CC(=O)Nc3ccc(F)c(F)c3)c2n(C)c1=O. The molecular formula is C15H12BrF2N5O3. The van der Waals surface area contributed by atoms with Gasteiger partial charge >= 0.3 is 5.69 Å². The molecule has 0 aliphatic carbocycles. The van der Waals surface area contributed by atoms with E-state index in [9.17, 15) is 23.2 Å². The number of nitrogens with zero attached hydrogens (tertiary/aromatic N) is 4. The maximum absolute atomic E-state index is 13.2. The number of hydrogen-bond donors (Lipinski definition) is 1. The second-order valence-electron chi connectivity index (χ2n) is 5.52. The molecule has 1 N–H and O–H groups in total. The number of imidazole rings is 1. The highest BCUT2D eigenvalue weighted by Gasteiger charge is 2.19. The molecule has 0 aliphatic heterocycles. The van der Waals surface area contributed by atoms with Gasteiger partial charge in [0, 0.05) is 25.8 Å². The first-order chi connectivity index (χ1) is 12.2. The molecule has 2 aromatic heterocycles. The quantitative estimate of drug-likeness (QED) is 0.633. The fourth-order valence-electron chi connectivity index (χ4n) is 2.52. The highest BCUT2D eigenvalue weighted by molar-refractivity contribution is 9.10. The summed E-state index contributed by atoms with van der Waals surface area (Å²) in [5.74, 6) is -2.70. The zero-order valence-corrected chi connectivity index (χ0v) is 15.2. The van der Waals surface area contributed by atoms with E-state index in [1.54, 1.807) is 0 Å². The molecule has 136 valence electrons. The van der Waals surface area contributed by atoms with Gasteiger partial charge in [-0.1, -0.05) is 0 Å². The molecule has 3 rings (SSSR count). The number of amides is 1. The maximum Gasteiger partial charge on any atom is 0.332 e. The van der Waals surface area contributed by atoms with Crippen molar-refractivity contribution in [2.75, 3.05) is 5.32 Å². The number of carbonyl (C=O) groups is 1. The highest BCUT2D eigenvalue weighted by atomic mass is 79.9. The topological polar surface area (TPSA) is 90.9 Å². The van der Waals surface area contributed by atoms with Crippen molar-refractivity contribution in [1.29, 1.82) is 0 Å². The Hall–Kier alpha value is -2.82. The van der Waals surface area contributed by atoms with Crippen LogP contribution in [0.1, 0.15) is 0 Å². The van der Waals surface area contributed by atoms with Crippen molar-refractivity contribution < 1.29 is 13.6 Å². The monoisotopic (exact) mass is 427 g/mol. The van der Waals surface area contributed by atoms with Crippen LogP contribution in [0, 0.1) is 11.6 Å². The average molecular weight is 428 g/mol. The molecule has 2 heterocycles. The van der Waals surface area contributed by atoms with Crippen LogP contribution in [-0.4, -0.2) is 24.6 Å². The number of carbonyl (C=O) groups excluding carboxylic acids is 1. The smallest absolute Gasteiger partial charge is 0.324 e. The largest absolute Gasteiger partial charge is 0.332 e. The maximum atomic E-state index is 13.2. The molecule has 0 spiro atoms. The number of hydrogen-bond acceptors (Lipinski definition) is 4. The van der Waals surface area contributed by atoms with E-state index in [1.807, 2.05) is 0 Å². The lowest BCUT2D eigenvalue weighted by Gasteiger charge is -2.10. The van der Waals surface area contributed by atoms with Gasteiger partial charge in [0.05, 0.1) is 0 Å². The van der Waals surface area contributed by atoms with Gasteiger partial charge in [-0.3, -0.25) is 23.3 Å². The molecular weight excluding hydrogens is 416 g/mol. The molecule has 1 amide bonds. The molecule has 0 fully saturated rings. The van der Waals surface area contributed by atoms with E-state index in [1.165, 1.54) is 29.3 Å². The first kappa shape index (κ1) is 18.0. The summed E-state index contributed by atoms with van der Waals surface area (Å²) in [6, 6.07) is 2.95. The van der Waals surface area contributed by atoms with Gasteiger partial charge in [-0.05, 0) is 28.1 Å². The lowest BCUT2D eigenvalue weighted by molar-refractivity contribution is -0.116. The van der Waals surface area contributed by atoms with Crippen LogP contribution in [0.5, 0.6) is 0 Å². The van der Waals surface area contributed by atoms with Crippen LogP contribution >= 0.6 is 15.9 Å². The van der Waals surface area contributed by atoms with Gasteiger partial charge in [0.1, 0.15) is 6.54 Å². The number of nitrogens with one attached hydrogen (secondary N) is 1. The molecule has 0 bridgehead atoms. The molecule has 0 aliphatic rings. The van der Waals surface area contributed by atoms with Crippen molar-refractivity contribution in [1.82, 2.24) is 18.7 Å². The Bertz CT molecular complexity index is 1160. The Morgan fingerprint density at radius 3 is 2.54 bits per heavy atom. The number of halogens is 3. The Morgan fingerprint density at radius 1 is 1.19 bits per heavy atom. The molecule has 3 aromatic rings. The summed E-state index contributed by atoms with van der Waals surface area (Å²) in [5.41, 5.74) is -0.924. The molecule has 1 aromatic carbocycles. The Balaban J connectivity index is 1.99. The number of aryl methyl sites for hydroxylation is 1. The van der Waals surface area contributed by atoms with E-state index < -0.39 is 28.8 Å². The van der Waals surface area contributed by atoms with Gasteiger partial charge in [-0.2, -0.15) is 0 Å². The molecule has 0 atom stereocenters. The van der Waals surface area contributed by atoms with Crippen molar-refractivity contribution in [3.8, 4) is 0 Å². The minimum Gasteiger partial charge on any atom is -0.324 e. The molecule has 11 heteroatoms. The van der Waals surface area contributed by atoms with E-state index in [0.29, 0.717) is 0 Å². The summed E-state index contributed by atoms with van der Waals surface area (Å²) in [7, 11) is 2.77. The molecule has 0 radical (unpaired) electrons. The third kappa shape index (κ3) is 2.94. The summed E-state index contributed by atoms with van der Waals surface area (Å²) in [6.07, 6.45) is 0.